The molecule has 1 amide bonds. The van der Waals surface area contributed by atoms with E-state index in [1.165, 1.54) is 18.5 Å². The Morgan fingerprint density at radius 1 is 1.16 bits per heavy atom. The molecule has 0 atom stereocenters. The maximum atomic E-state index is 12.8. The fraction of sp³-hybridized carbons (Fsp3) is 0.435. The standard InChI is InChI=1S/C23H23F3N6O5S/c1-22(2,3)36-21(33)31-8-6-16(7-9-31)32-13-15(12-29-32)19-14(10-27)11-28-17-4-5-18(30-20(17)19)37-38(34,35)23(24,25)26/h4-5,11-13,16H,6-9H2,1-3H3. The molecule has 0 aliphatic carbocycles. The minimum absolute atomic E-state index is 0.0294. The predicted octanol–water partition coefficient (Wildman–Crippen LogP) is 4.17. The van der Waals surface area contributed by atoms with Gasteiger partial charge in [-0.15, -0.1) is 0 Å². The van der Waals surface area contributed by atoms with E-state index in [-0.39, 0.29) is 28.2 Å². The first-order valence-corrected chi connectivity index (χ1v) is 12.8. The van der Waals surface area contributed by atoms with E-state index in [2.05, 4.69) is 19.2 Å². The fourth-order valence-corrected chi connectivity index (χ4v) is 4.35. The SMILES string of the molecule is CC(C)(C)OC(=O)N1CCC(n2cc(-c3c(C#N)cnc4ccc(OS(=O)(=O)C(F)(F)F)nc34)cn2)CC1. The van der Waals surface area contributed by atoms with E-state index in [9.17, 15) is 31.6 Å². The van der Waals surface area contributed by atoms with Crippen molar-refractivity contribution in [3.8, 4) is 23.1 Å². The topological polar surface area (TPSA) is 140 Å². The van der Waals surface area contributed by atoms with Crippen LogP contribution >= 0.6 is 0 Å². The van der Waals surface area contributed by atoms with Crippen LogP contribution in [0.3, 0.4) is 0 Å². The molecule has 0 unspecified atom stereocenters. The highest BCUT2D eigenvalue weighted by Gasteiger charge is 2.49. The van der Waals surface area contributed by atoms with Gasteiger partial charge in [0.2, 0.25) is 5.88 Å². The molecule has 202 valence electrons. The van der Waals surface area contributed by atoms with Crippen molar-refractivity contribution in [2.45, 2.75) is 50.8 Å². The van der Waals surface area contributed by atoms with Crippen LogP contribution < -0.4 is 4.18 Å². The Labute approximate surface area is 215 Å². The maximum Gasteiger partial charge on any atom is 0.534 e. The Bertz CT molecular complexity index is 1520. The van der Waals surface area contributed by atoms with Gasteiger partial charge in [0, 0.05) is 42.7 Å². The highest BCUT2D eigenvalue weighted by Crippen LogP contribution is 2.33. The zero-order chi connectivity index (χ0) is 27.9. The van der Waals surface area contributed by atoms with E-state index in [4.69, 9.17) is 4.74 Å². The van der Waals surface area contributed by atoms with E-state index in [0.717, 1.165) is 6.07 Å². The first-order chi connectivity index (χ1) is 17.7. The van der Waals surface area contributed by atoms with Gasteiger partial charge in [-0.2, -0.15) is 31.9 Å². The average Bonchev–Trinajstić information content (AvgIpc) is 3.31. The molecule has 1 saturated heterocycles. The summed E-state index contributed by atoms with van der Waals surface area (Å²) in [5.41, 5.74) is -5.38. The molecule has 0 N–H and O–H groups in total. The summed E-state index contributed by atoms with van der Waals surface area (Å²) in [4.78, 5) is 22.0. The summed E-state index contributed by atoms with van der Waals surface area (Å²) in [6, 6.07) is 4.08. The van der Waals surface area contributed by atoms with Gasteiger partial charge in [-0.25, -0.2) is 9.78 Å². The predicted molar refractivity (Wildman–Crippen MR) is 127 cm³/mol. The van der Waals surface area contributed by atoms with Crippen molar-refractivity contribution in [1.82, 2.24) is 24.6 Å². The number of pyridine rings is 2. The molecule has 11 nitrogen and oxygen atoms in total. The molecule has 4 rings (SSSR count). The summed E-state index contributed by atoms with van der Waals surface area (Å²) >= 11 is 0. The lowest BCUT2D eigenvalue weighted by molar-refractivity contribution is -0.0501. The Kier molecular flexibility index (Phi) is 6.96. The van der Waals surface area contributed by atoms with Crippen molar-refractivity contribution >= 4 is 27.2 Å². The monoisotopic (exact) mass is 552 g/mol. The molecule has 38 heavy (non-hydrogen) atoms. The Morgan fingerprint density at radius 2 is 1.84 bits per heavy atom. The Morgan fingerprint density at radius 3 is 2.45 bits per heavy atom. The number of alkyl halides is 3. The van der Waals surface area contributed by atoms with Crippen LogP contribution in [0.25, 0.3) is 22.2 Å². The lowest BCUT2D eigenvalue weighted by atomic mass is 10.0. The third-order valence-electron chi connectivity index (χ3n) is 5.67. The van der Waals surface area contributed by atoms with Gasteiger partial charge >= 0.3 is 21.7 Å². The quantitative estimate of drug-likeness (QED) is 0.345. The van der Waals surface area contributed by atoms with Crippen molar-refractivity contribution in [1.29, 1.82) is 5.26 Å². The molecule has 15 heteroatoms. The van der Waals surface area contributed by atoms with Crippen LogP contribution in [0.2, 0.25) is 0 Å². The van der Waals surface area contributed by atoms with Crippen LogP contribution in [0.5, 0.6) is 5.88 Å². The van der Waals surface area contributed by atoms with Crippen molar-refractivity contribution in [3.63, 3.8) is 0 Å². The number of halogens is 3. The van der Waals surface area contributed by atoms with Gasteiger partial charge in [0.1, 0.15) is 17.2 Å². The van der Waals surface area contributed by atoms with Gasteiger partial charge in [-0.3, -0.25) is 9.67 Å². The van der Waals surface area contributed by atoms with Gasteiger partial charge in [-0.1, -0.05) is 0 Å². The van der Waals surface area contributed by atoms with Crippen molar-refractivity contribution in [2.24, 2.45) is 0 Å². The second-order valence-electron chi connectivity index (χ2n) is 9.57. The summed E-state index contributed by atoms with van der Waals surface area (Å²) in [5.74, 6) is -0.824. The Balaban J connectivity index is 1.62. The largest absolute Gasteiger partial charge is 0.534 e. The molecule has 0 spiro atoms. The molecular formula is C23H23F3N6O5S. The van der Waals surface area contributed by atoms with Crippen LogP contribution in [0, 0.1) is 11.3 Å². The number of piperidine rings is 1. The minimum Gasteiger partial charge on any atom is -0.444 e. The number of hydrogen-bond acceptors (Lipinski definition) is 9. The molecule has 0 aromatic carbocycles. The van der Waals surface area contributed by atoms with Gasteiger partial charge in [0.25, 0.3) is 0 Å². The number of nitriles is 1. The second-order valence-corrected chi connectivity index (χ2v) is 11.1. The van der Waals surface area contributed by atoms with Crippen LogP contribution in [0.15, 0.2) is 30.7 Å². The average molecular weight is 553 g/mol. The molecule has 1 aliphatic rings. The van der Waals surface area contributed by atoms with E-state index >= 15 is 0 Å². The highest BCUT2D eigenvalue weighted by atomic mass is 32.2. The normalized spacial score (nSPS) is 15.3. The number of rotatable bonds is 4. The molecule has 3 aromatic heterocycles. The molecule has 0 bridgehead atoms. The lowest BCUT2D eigenvalue weighted by Gasteiger charge is -2.33. The molecule has 0 radical (unpaired) electrons. The van der Waals surface area contributed by atoms with E-state index < -0.39 is 33.2 Å². The van der Waals surface area contributed by atoms with E-state index in [0.29, 0.717) is 31.5 Å². The van der Waals surface area contributed by atoms with Crippen LogP contribution in [-0.4, -0.2) is 63.4 Å². The summed E-state index contributed by atoms with van der Waals surface area (Å²) < 4.78 is 72.5. The van der Waals surface area contributed by atoms with E-state index in [1.54, 1.807) is 36.5 Å². The maximum absolute atomic E-state index is 12.8. The molecular weight excluding hydrogens is 529 g/mol. The Hall–Kier alpha value is -3.93. The molecule has 4 heterocycles. The minimum atomic E-state index is -5.95. The first-order valence-electron chi connectivity index (χ1n) is 11.4. The van der Waals surface area contributed by atoms with Gasteiger partial charge in [0.15, 0.2) is 0 Å². The number of carbonyl (C=O) groups excluding carboxylic acids is 1. The van der Waals surface area contributed by atoms with Gasteiger partial charge in [-0.05, 0) is 39.7 Å². The smallest absolute Gasteiger partial charge is 0.444 e. The van der Waals surface area contributed by atoms with Crippen molar-refractivity contribution < 1.29 is 35.3 Å². The van der Waals surface area contributed by atoms with Crippen LogP contribution in [0.1, 0.15) is 45.2 Å². The summed E-state index contributed by atoms with van der Waals surface area (Å²) in [6.45, 7) is 6.28. The lowest BCUT2D eigenvalue weighted by Crippen LogP contribution is -2.42. The van der Waals surface area contributed by atoms with Crippen molar-refractivity contribution in [3.05, 3.63) is 36.3 Å². The summed E-state index contributed by atoms with van der Waals surface area (Å²) in [5, 5.41) is 14.0. The zero-order valence-electron chi connectivity index (χ0n) is 20.6. The number of likely N-dealkylation sites (tertiary alicyclic amines) is 1. The molecule has 1 fully saturated rings. The first kappa shape index (κ1) is 27.1. The summed E-state index contributed by atoms with van der Waals surface area (Å²) in [6.07, 6.45) is 5.20. The second kappa shape index (κ2) is 9.75. The number of carbonyl (C=O) groups is 1. The number of nitrogens with zero attached hydrogens (tertiary/aromatic N) is 6. The number of fused-ring (bicyclic) bond motifs is 1. The summed E-state index contributed by atoms with van der Waals surface area (Å²) in [7, 11) is -5.95. The van der Waals surface area contributed by atoms with E-state index in [1.807, 2.05) is 6.07 Å². The number of amides is 1. The van der Waals surface area contributed by atoms with Crippen LogP contribution in [0.4, 0.5) is 18.0 Å². The van der Waals surface area contributed by atoms with Crippen LogP contribution in [-0.2, 0) is 14.9 Å². The fourth-order valence-electron chi connectivity index (χ4n) is 3.94. The number of ether oxygens (including phenoxy) is 1. The molecule has 0 saturated carbocycles. The highest BCUT2D eigenvalue weighted by molar-refractivity contribution is 7.87. The number of hydrogen-bond donors (Lipinski definition) is 0. The zero-order valence-corrected chi connectivity index (χ0v) is 21.4. The third kappa shape index (κ3) is 5.64. The van der Waals surface area contributed by atoms with Gasteiger partial charge < -0.3 is 13.8 Å². The third-order valence-corrected chi connectivity index (χ3v) is 6.62. The van der Waals surface area contributed by atoms with Crippen molar-refractivity contribution in [2.75, 3.05) is 13.1 Å². The van der Waals surface area contributed by atoms with Gasteiger partial charge in [0.05, 0.1) is 23.3 Å². The molecule has 1 aliphatic heterocycles. The molecule has 3 aromatic rings. The number of aromatic nitrogens is 4.